The minimum absolute atomic E-state index is 0. The molecule has 2 heterocycles. The van der Waals surface area contributed by atoms with Gasteiger partial charge in [0.15, 0.2) is 5.96 Å². The Kier molecular flexibility index (Phi) is 11.2. The molecule has 0 radical (unpaired) electrons. The maximum Gasteiger partial charge on any atom is 0.191 e. The zero-order valence-corrected chi connectivity index (χ0v) is 21.1. The van der Waals surface area contributed by atoms with Gasteiger partial charge in [-0.1, -0.05) is 18.2 Å². The van der Waals surface area contributed by atoms with Crippen LogP contribution < -0.4 is 15.4 Å². The van der Waals surface area contributed by atoms with Gasteiger partial charge in [0.2, 0.25) is 0 Å². The third-order valence-electron chi connectivity index (χ3n) is 5.74. The van der Waals surface area contributed by atoms with Gasteiger partial charge in [-0.05, 0) is 57.6 Å². The summed E-state index contributed by atoms with van der Waals surface area (Å²) in [6, 6.07) is 8.62. The Morgan fingerprint density at radius 1 is 1.27 bits per heavy atom. The second-order valence-corrected chi connectivity index (χ2v) is 8.36. The highest BCUT2D eigenvalue weighted by Gasteiger charge is 2.24. The third-order valence-corrected chi connectivity index (χ3v) is 5.74. The van der Waals surface area contributed by atoms with Gasteiger partial charge in [-0.15, -0.1) is 24.0 Å². The number of aryl methyl sites for hydroxylation is 1. The molecule has 2 N–H and O–H groups in total. The van der Waals surface area contributed by atoms with E-state index >= 15 is 0 Å². The number of piperidine rings is 1. The van der Waals surface area contributed by atoms with Crippen LogP contribution in [0.5, 0.6) is 5.75 Å². The minimum Gasteiger partial charge on any atom is -0.489 e. The minimum atomic E-state index is 0. The van der Waals surface area contributed by atoms with Crippen molar-refractivity contribution >= 4 is 29.9 Å². The third kappa shape index (κ3) is 8.23. The van der Waals surface area contributed by atoms with Crippen molar-refractivity contribution in [1.82, 2.24) is 15.5 Å². The molecule has 7 heteroatoms. The number of para-hydroxylation sites is 1. The molecule has 0 spiro atoms. The molecule has 30 heavy (non-hydrogen) atoms. The van der Waals surface area contributed by atoms with Crippen LogP contribution in [0.3, 0.4) is 0 Å². The van der Waals surface area contributed by atoms with E-state index in [1.54, 1.807) is 0 Å². The highest BCUT2D eigenvalue weighted by Crippen LogP contribution is 2.19. The first-order valence-corrected chi connectivity index (χ1v) is 11.2. The van der Waals surface area contributed by atoms with Gasteiger partial charge >= 0.3 is 0 Å². The lowest BCUT2D eigenvalue weighted by Crippen LogP contribution is -2.49. The fourth-order valence-corrected chi connectivity index (χ4v) is 4.03. The van der Waals surface area contributed by atoms with Crippen LogP contribution in [0.4, 0.5) is 0 Å². The highest BCUT2D eigenvalue weighted by atomic mass is 127. The predicted octanol–water partition coefficient (Wildman–Crippen LogP) is 3.44. The van der Waals surface area contributed by atoms with Crippen LogP contribution in [0.15, 0.2) is 29.3 Å². The number of likely N-dealkylation sites (tertiary alicyclic amines) is 1. The average Bonchev–Trinajstić information content (AvgIpc) is 3.23. The molecule has 2 fully saturated rings. The zero-order valence-electron chi connectivity index (χ0n) is 18.7. The summed E-state index contributed by atoms with van der Waals surface area (Å²) < 4.78 is 11.6. The number of guanidine groups is 1. The monoisotopic (exact) mass is 530 g/mol. The van der Waals surface area contributed by atoms with E-state index in [-0.39, 0.29) is 30.1 Å². The summed E-state index contributed by atoms with van der Waals surface area (Å²) in [4.78, 5) is 7.37. The largest absolute Gasteiger partial charge is 0.489 e. The van der Waals surface area contributed by atoms with Crippen LogP contribution in [0.25, 0.3) is 0 Å². The van der Waals surface area contributed by atoms with E-state index in [1.807, 2.05) is 18.2 Å². The van der Waals surface area contributed by atoms with Gasteiger partial charge in [0, 0.05) is 38.8 Å². The lowest BCUT2D eigenvalue weighted by molar-refractivity contribution is 0.150. The first-order valence-electron chi connectivity index (χ1n) is 11.2. The second-order valence-electron chi connectivity index (χ2n) is 8.36. The number of nitrogens with one attached hydrogen (secondary N) is 2. The Morgan fingerprint density at radius 2 is 2.03 bits per heavy atom. The number of halogens is 1. The summed E-state index contributed by atoms with van der Waals surface area (Å²) in [5.41, 5.74) is 1.16. The summed E-state index contributed by atoms with van der Waals surface area (Å²) in [5.74, 6) is 2.57. The Hall–Kier alpha value is -1.06. The Morgan fingerprint density at radius 3 is 2.70 bits per heavy atom. The number of hydrogen-bond acceptors (Lipinski definition) is 4. The van der Waals surface area contributed by atoms with Crippen LogP contribution in [0.2, 0.25) is 0 Å². The summed E-state index contributed by atoms with van der Waals surface area (Å²) in [6.45, 7) is 13.1. The number of aliphatic imine (C=N–C) groups is 1. The molecule has 0 aliphatic carbocycles. The van der Waals surface area contributed by atoms with Gasteiger partial charge in [-0.2, -0.15) is 0 Å². The average molecular weight is 530 g/mol. The fourth-order valence-electron chi connectivity index (χ4n) is 4.03. The quantitative estimate of drug-likeness (QED) is 0.307. The van der Waals surface area contributed by atoms with E-state index in [0.29, 0.717) is 12.6 Å². The molecule has 0 aromatic heterocycles. The first-order chi connectivity index (χ1) is 14.1. The first kappa shape index (κ1) is 25.2. The SMILES string of the molecule is CCNC(=NCC(C)Oc1ccccc1C)NC1CCN(CC2CCOC2)CC1.I. The molecule has 2 aliphatic rings. The summed E-state index contributed by atoms with van der Waals surface area (Å²) in [5, 5.41) is 7.02. The molecule has 6 nitrogen and oxygen atoms in total. The van der Waals surface area contributed by atoms with Gasteiger partial charge in [0.25, 0.3) is 0 Å². The van der Waals surface area contributed by atoms with Crippen LogP contribution in [0, 0.1) is 12.8 Å². The highest BCUT2D eigenvalue weighted by molar-refractivity contribution is 14.0. The molecule has 0 saturated carbocycles. The van der Waals surface area contributed by atoms with E-state index in [9.17, 15) is 0 Å². The number of nitrogens with zero attached hydrogens (tertiary/aromatic N) is 2. The van der Waals surface area contributed by atoms with Gasteiger partial charge < -0.3 is 25.0 Å². The topological polar surface area (TPSA) is 58.1 Å². The molecular formula is C23H39IN4O2. The fraction of sp³-hybridized carbons (Fsp3) is 0.696. The van der Waals surface area contributed by atoms with Crippen molar-refractivity contribution in [3.63, 3.8) is 0 Å². The molecule has 2 atom stereocenters. The van der Waals surface area contributed by atoms with Crippen LogP contribution in [-0.4, -0.2) is 68.9 Å². The van der Waals surface area contributed by atoms with E-state index in [0.717, 1.165) is 68.9 Å². The molecule has 1 aromatic carbocycles. The van der Waals surface area contributed by atoms with Crippen molar-refractivity contribution in [1.29, 1.82) is 0 Å². The molecule has 0 bridgehead atoms. The molecule has 0 amide bonds. The van der Waals surface area contributed by atoms with Gasteiger partial charge in [-0.3, -0.25) is 0 Å². The zero-order chi connectivity index (χ0) is 20.5. The van der Waals surface area contributed by atoms with Gasteiger partial charge in [0.05, 0.1) is 13.2 Å². The lowest BCUT2D eigenvalue weighted by atomic mass is 10.0. The number of hydrogen-bond donors (Lipinski definition) is 2. The maximum absolute atomic E-state index is 6.06. The lowest BCUT2D eigenvalue weighted by Gasteiger charge is -2.34. The molecule has 2 aliphatic heterocycles. The van der Waals surface area contributed by atoms with Crippen LogP contribution in [0.1, 0.15) is 38.7 Å². The number of ether oxygens (including phenoxy) is 2. The van der Waals surface area contributed by atoms with Crippen molar-refractivity contribution in [2.75, 3.05) is 45.9 Å². The van der Waals surface area contributed by atoms with Gasteiger partial charge in [0.1, 0.15) is 11.9 Å². The van der Waals surface area contributed by atoms with Crippen molar-refractivity contribution in [3.8, 4) is 5.75 Å². The Labute approximate surface area is 199 Å². The standard InChI is InChI=1S/C23H38N4O2.HI/c1-4-24-23(25-15-19(3)29-22-8-6-5-7-18(22)2)26-21-9-12-27(13-10-21)16-20-11-14-28-17-20;/h5-8,19-21H,4,9-17H2,1-3H3,(H2,24,25,26);1H. The van der Waals surface area contributed by atoms with Crippen molar-refractivity contribution in [3.05, 3.63) is 29.8 Å². The Bertz CT molecular complexity index is 644. The molecule has 3 rings (SSSR count). The summed E-state index contributed by atoms with van der Waals surface area (Å²) >= 11 is 0. The molecule has 2 unspecified atom stereocenters. The Balaban J connectivity index is 0.00000320. The number of benzene rings is 1. The molecule has 1 aromatic rings. The summed E-state index contributed by atoms with van der Waals surface area (Å²) in [6.07, 6.45) is 3.57. The predicted molar refractivity (Wildman–Crippen MR) is 134 cm³/mol. The van der Waals surface area contributed by atoms with Crippen LogP contribution in [-0.2, 0) is 4.74 Å². The van der Waals surface area contributed by atoms with Crippen molar-refractivity contribution in [2.45, 2.75) is 52.2 Å². The van der Waals surface area contributed by atoms with Crippen molar-refractivity contribution < 1.29 is 9.47 Å². The molecule has 170 valence electrons. The smallest absolute Gasteiger partial charge is 0.191 e. The van der Waals surface area contributed by atoms with E-state index in [1.165, 1.54) is 13.0 Å². The van der Waals surface area contributed by atoms with E-state index in [2.05, 4.69) is 42.4 Å². The van der Waals surface area contributed by atoms with E-state index < -0.39 is 0 Å². The second kappa shape index (κ2) is 13.4. The number of rotatable bonds is 8. The van der Waals surface area contributed by atoms with Crippen LogP contribution >= 0.6 is 24.0 Å². The molecule has 2 saturated heterocycles. The summed E-state index contributed by atoms with van der Waals surface area (Å²) in [7, 11) is 0. The maximum atomic E-state index is 6.06. The normalized spacial score (nSPS) is 21.7. The van der Waals surface area contributed by atoms with Gasteiger partial charge in [-0.25, -0.2) is 4.99 Å². The molecular weight excluding hydrogens is 491 g/mol. The van der Waals surface area contributed by atoms with E-state index in [4.69, 9.17) is 14.5 Å². The van der Waals surface area contributed by atoms with Crippen molar-refractivity contribution in [2.24, 2.45) is 10.9 Å².